The fourth-order valence-electron chi connectivity index (χ4n) is 2.84. The molecule has 0 spiro atoms. The molecule has 150 valence electrons. The van der Waals surface area contributed by atoms with Crippen LogP contribution in [0.3, 0.4) is 0 Å². The molecule has 3 heterocycles. The molecule has 0 atom stereocenters. The highest BCUT2D eigenvalue weighted by atomic mass is 32.2. The number of carbonyl (C=O) groups excluding carboxylic acids is 3. The Labute approximate surface area is 165 Å². The summed E-state index contributed by atoms with van der Waals surface area (Å²) in [6.07, 6.45) is 0.212. The lowest BCUT2D eigenvalue weighted by Crippen LogP contribution is -2.50. The molecule has 3 rings (SSSR count). The van der Waals surface area contributed by atoms with Crippen molar-refractivity contribution in [2.24, 2.45) is 5.73 Å². The van der Waals surface area contributed by atoms with Gasteiger partial charge in [-0.3, -0.25) is 14.4 Å². The van der Waals surface area contributed by atoms with Gasteiger partial charge in [-0.2, -0.15) is 4.31 Å². The van der Waals surface area contributed by atoms with Gasteiger partial charge in [0.05, 0.1) is 4.88 Å². The van der Waals surface area contributed by atoms with Gasteiger partial charge in [0.2, 0.25) is 11.0 Å². The number of furan rings is 1. The van der Waals surface area contributed by atoms with E-state index in [-0.39, 0.29) is 61.6 Å². The molecular formula is C17H19N3O6S2. The van der Waals surface area contributed by atoms with Crippen LogP contribution in [0.5, 0.6) is 0 Å². The number of nitrogens with zero attached hydrogens (tertiary/aromatic N) is 2. The number of nitrogens with two attached hydrogens (primary N) is 1. The highest BCUT2D eigenvalue weighted by Crippen LogP contribution is 2.21. The Morgan fingerprint density at radius 3 is 2.36 bits per heavy atom. The zero-order valence-electron chi connectivity index (χ0n) is 14.9. The monoisotopic (exact) mass is 425 g/mol. The molecule has 9 nitrogen and oxygen atoms in total. The van der Waals surface area contributed by atoms with Gasteiger partial charge in [0.15, 0.2) is 11.5 Å². The van der Waals surface area contributed by atoms with Crippen LogP contribution >= 0.6 is 11.3 Å². The fourth-order valence-corrected chi connectivity index (χ4v) is 4.86. The van der Waals surface area contributed by atoms with Crippen molar-refractivity contribution >= 4 is 39.0 Å². The van der Waals surface area contributed by atoms with E-state index in [1.54, 1.807) is 22.4 Å². The van der Waals surface area contributed by atoms with Crippen molar-refractivity contribution in [3.8, 4) is 0 Å². The predicted octanol–water partition coefficient (Wildman–Crippen LogP) is 0.936. The van der Waals surface area contributed by atoms with Crippen molar-refractivity contribution in [3.05, 3.63) is 40.3 Å². The molecule has 2 aromatic rings. The van der Waals surface area contributed by atoms with Gasteiger partial charge in [0.1, 0.15) is 0 Å². The lowest BCUT2D eigenvalue weighted by molar-refractivity contribution is -0.132. The summed E-state index contributed by atoms with van der Waals surface area (Å²) < 4.78 is 31.4. The number of carbonyl (C=O) groups is 3. The number of Topliss-reactive ketones (excluding diaryl/α,β-unsaturated/α-hetero) is 1. The van der Waals surface area contributed by atoms with E-state index in [1.165, 1.54) is 27.8 Å². The predicted molar refractivity (Wildman–Crippen MR) is 100 cm³/mol. The molecule has 1 saturated heterocycles. The Balaban J connectivity index is 1.53. The van der Waals surface area contributed by atoms with Gasteiger partial charge in [-0.1, -0.05) is 6.07 Å². The van der Waals surface area contributed by atoms with Crippen LogP contribution in [0.1, 0.15) is 33.1 Å². The summed E-state index contributed by atoms with van der Waals surface area (Å²) >= 11 is 1.34. The number of ketones is 1. The Bertz CT molecular complexity index is 972. The summed E-state index contributed by atoms with van der Waals surface area (Å²) in [6, 6.07) is 5.90. The SMILES string of the molecule is NC(=O)c1ccc(S(=O)(=O)N2CCN(C(=O)CCC(=O)c3cccs3)CC2)o1. The van der Waals surface area contributed by atoms with Crippen molar-refractivity contribution in [1.29, 1.82) is 0 Å². The second kappa shape index (κ2) is 8.25. The van der Waals surface area contributed by atoms with Gasteiger partial charge in [-0.05, 0) is 23.6 Å². The Morgan fingerprint density at radius 1 is 1.07 bits per heavy atom. The number of amides is 2. The Morgan fingerprint density at radius 2 is 1.79 bits per heavy atom. The molecule has 0 aliphatic carbocycles. The molecule has 0 aromatic carbocycles. The first-order valence-electron chi connectivity index (χ1n) is 8.53. The average molecular weight is 425 g/mol. The van der Waals surface area contributed by atoms with E-state index in [9.17, 15) is 22.8 Å². The number of primary amides is 1. The van der Waals surface area contributed by atoms with Crippen LogP contribution < -0.4 is 5.73 Å². The third-order valence-electron chi connectivity index (χ3n) is 4.37. The Kier molecular flexibility index (Phi) is 5.96. The summed E-state index contributed by atoms with van der Waals surface area (Å²) in [6.45, 7) is 0.627. The smallest absolute Gasteiger partial charge is 0.284 e. The number of thiophene rings is 1. The number of hydrogen-bond donors (Lipinski definition) is 1. The van der Waals surface area contributed by atoms with Crippen LogP contribution in [0, 0.1) is 0 Å². The van der Waals surface area contributed by atoms with Crippen molar-refractivity contribution in [1.82, 2.24) is 9.21 Å². The molecule has 28 heavy (non-hydrogen) atoms. The summed E-state index contributed by atoms with van der Waals surface area (Å²) in [4.78, 5) is 37.5. The zero-order valence-corrected chi connectivity index (χ0v) is 16.5. The summed E-state index contributed by atoms with van der Waals surface area (Å²) in [5.74, 6) is -1.35. The minimum Gasteiger partial charge on any atom is -0.438 e. The van der Waals surface area contributed by atoms with Crippen LogP contribution in [0.4, 0.5) is 0 Å². The first kappa shape index (κ1) is 20.2. The second-order valence-electron chi connectivity index (χ2n) is 6.17. The maximum absolute atomic E-state index is 12.6. The Hall–Kier alpha value is -2.50. The summed E-state index contributed by atoms with van der Waals surface area (Å²) in [5.41, 5.74) is 5.07. The first-order valence-corrected chi connectivity index (χ1v) is 10.9. The van der Waals surface area contributed by atoms with Gasteiger partial charge in [-0.25, -0.2) is 8.42 Å². The fraction of sp³-hybridized carbons (Fsp3) is 0.353. The summed E-state index contributed by atoms with van der Waals surface area (Å²) in [5, 5.41) is 1.45. The molecule has 0 saturated carbocycles. The first-order chi connectivity index (χ1) is 13.3. The van der Waals surface area contributed by atoms with Gasteiger partial charge < -0.3 is 15.1 Å². The molecular weight excluding hydrogens is 406 g/mol. The molecule has 0 unspecified atom stereocenters. The molecule has 2 N–H and O–H groups in total. The van der Waals surface area contributed by atoms with Gasteiger partial charge >= 0.3 is 0 Å². The lowest BCUT2D eigenvalue weighted by Gasteiger charge is -2.33. The number of rotatable bonds is 7. The number of hydrogen-bond acceptors (Lipinski definition) is 7. The van der Waals surface area contributed by atoms with E-state index in [0.717, 1.165) is 0 Å². The lowest BCUT2D eigenvalue weighted by atomic mass is 10.1. The minimum absolute atomic E-state index is 0.0763. The van der Waals surface area contributed by atoms with Crippen molar-refractivity contribution < 1.29 is 27.2 Å². The molecule has 2 aromatic heterocycles. The standard InChI is InChI=1S/C17H19N3O6S2/c18-17(23)13-4-6-16(26-13)28(24,25)20-9-7-19(8-10-20)15(22)5-3-12(21)14-2-1-11-27-14/h1-2,4,6,11H,3,5,7-10H2,(H2,18,23). The van der Waals surface area contributed by atoms with Crippen LogP contribution in [-0.4, -0.2) is 61.4 Å². The van der Waals surface area contributed by atoms with Crippen molar-refractivity contribution in [3.63, 3.8) is 0 Å². The summed E-state index contributed by atoms with van der Waals surface area (Å²) in [7, 11) is -3.91. The molecule has 11 heteroatoms. The second-order valence-corrected chi connectivity index (χ2v) is 8.98. The van der Waals surface area contributed by atoms with Gasteiger partial charge in [0, 0.05) is 39.0 Å². The number of piperazine rings is 1. The average Bonchev–Trinajstić information content (AvgIpc) is 3.38. The molecule has 1 fully saturated rings. The topological polar surface area (TPSA) is 131 Å². The van der Waals surface area contributed by atoms with E-state index >= 15 is 0 Å². The third kappa shape index (κ3) is 4.32. The molecule has 2 amide bonds. The van der Waals surface area contributed by atoms with Crippen LogP contribution in [-0.2, 0) is 14.8 Å². The zero-order chi connectivity index (χ0) is 20.3. The van der Waals surface area contributed by atoms with Gasteiger partial charge in [-0.15, -0.1) is 11.3 Å². The van der Waals surface area contributed by atoms with E-state index < -0.39 is 15.9 Å². The molecule has 1 aliphatic rings. The maximum Gasteiger partial charge on any atom is 0.284 e. The maximum atomic E-state index is 12.6. The normalized spacial score (nSPS) is 15.5. The van der Waals surface area contributed by atoms with Crippen molar-refractivity contribution in [2.45, 2.75) is 17.9 Å². The van der Waals surface area contributed by atoms with Crippen LogP contribution in [0.2, 0.25) is 0 Å². The van der Waals surface area contributed by atoms with Crippen LogP contribution in [0.25, 0.3) is 0 Å². The molecule has 0 bridgehead atoms. The van der Waals surface area contributed by atoms with Crippen molar-refractivity contribution in [2.75, 3.05) is 26.2 Å². The highest BCUT2D eigenvalue weighted by Gasteiger charge is 2.32. The number of sulfonamides is 1. The van der Waals surface area contributed by atoms with E-state index in [1.807, 2.05) is 0 Å². The quantitative estimate of drug-likeness (QED) is 0.657. The molecule has 1 aliphatic heterocycles. The van der Waals surface area contributed by atoms with Crippen LogP contribution in [0.15, 0.2) is 39.2 Å². The third-order valence-corrected chi connectivity index (χ3v) is 7.06. The van der Waals surface area contributed by atoms with Gasteiger partial charge in [0.25, 0.3) is 15.9 Å². The highest BCUT2D eigenvalue weighted by molar-refractivity contribution is 7.89. The van der Waals surface area contributed by atoms with E-state index in [4.69, 9.17) is 10.2 Å². The van der Waals surface area contributed by atoms with E-state index in [0.29, 0.717) is 4.88 Å². The largest absolute Gasteiger partial charge is 0.438 e. The molecule has 0 radical (unpaired) electrons. The van der Waals surface area contributed by atoms with E-state index in [2.05, 4.69) is 0 Å². The minimum atomic E-state index is -3.91.